The summed E-state index contributed by atoms with van der Waals surface area (Å²) in [5.41, 5.74) is 1.27. The molecule has 2 aliphatic rings. The summed E-state index contributed by atoms with van der Waals surface area (Å²) >= 11 is 5.94. The Morgan fingerprint density at radius 3 is 2.76 bits per heavy atom. The Hall–Kier alpha value is -0.280. The van der Waals surface area contributed by atoms with Gasteiger partial charge < -0.3 is 10.6 Å². The van der Waals surface area contributed by atoms with E-state index in [-0.39, 0.29) is 12.4 Å². The SMILES string of the molecule is Cl.Clc1cccc(CNCC2C3CNCC23)c1. The molecule has 3 rings (SSSR count). The lowest BCUT2D eigenvalue weighted by Crippen LogP contribution is -2.23. The third kappa shape index (κ3) is 2.94. The molecule has 0 radical (unpaired) electrons. The summed E-state index contributed by atoms with van der Waals surface area (Å²) in [6.45, 7) is 4.55. The molecular weight excluding hydrogens is 255 g/mol. The molecule has 1 aliphatic heterocycles. The second kappa shape index (κ2) is 5.57. The van der Waals surface area contributed by atoms with Crippen LogP contribution in [0.5, 0.6) is 0 Å². The van der Waals surface area contributed by atoms with Crippen LogP contribution in [0.2, 0.25) is 5.02 Å². The van der Waals surface area contributed by atoms with Gasteiger partial charge in [0, 0.05) is 11.6 Å². The molecule has 1 aromatic rings. The first kappa shape index (κ1) is 13.2. The van der Waals surface area contributed by atoms with Gasteiger partial charge in [-0.3, -0.25) is 0 Å². The fraction of sp³-hybridized carbons (Fsp3) is 0.538. The molecular formula is C13H18Cl2N2. The van der Waals surface area contributed by atoms with Gasteiger partial charge in [-0.25, -0.2) is 0 Å². The molecule has 1 saturated heterocycles. The minimum atomic E-state index is 0. The van der Waals surface area contributed by atoms with Crippen LogP contribution in [0.15, 0.2) is 24.3 Å². The Morgan fingerprint density at radius 2 is 2.06 bits per heavy atom. The molecule has 2 N–H and O–H groups in total. The number of benzene rings is 1. The molecule has 4 heteroatoms. The Balaban J connectivity index is 0.00000108. The molecule has 1 heterocycles. The highest BCUT2D eigenvalue weighted by Gasteiger charge is 2.51. The third-order valence-electron chi connectivity index (χ3n) is 3.87. The molecule has 94 valence electrons. The van der Waals surface area contributed by atoms with E-state index in [9.17, 15) is 0 Å². The molecule has 0 bridgehead atoms. The molecule has 0 amide bonds. The normalized spacial score (nSPS) is 29.6. The molecule has 0 aromatic heterocycles. The van der Waals surface area contributed by atoms with E-state index >= 15 is 0 Å². The summed E-state index contributed by atoms with van der Waals surface area (Å²) in [4.78, 5) is 0. The Morgan fingerprint density at radius 1 is 1.29 bits per heavy atom. The Bertz CT molecular complexity index is 373. The van der Waals surface area contributed by atoms with Gasteiger partial charge in [0.1, 0.15) is 0 Å². The third-order valence-corrected chi connectivity index (χ3v) is 4.10. The zero-order chi connectivity index (χ0) is 11.0. The molecule has 2 atom stereocenters. The molecule has 17 heavy (non-hydrogen) atoms. The monoisotopic (exact) mass is 272 g/mol. The minimum Gasteiger partial charge on any atom is -0.316 e. The Labute approximate surface area is 114 Å². The standard InChI is InChI=1S/C13H17ClN2.ClH/c14-10-3-1-2-9(4-10)5-15-6-11-12-7-16-8-13(11)12;/h1-4,11-13,15-16H,5-8H2;1H. The first-order valence-electron chi connectivity index (χ1n) is 6.00. The summed E-state index contributed by atoms with van der Waals surface area (Å²) in [6.07, 6.45) is 0. The van der Waals surface area contributed by atoms with Crippen LogP contribution in [0.3, 0.4) is 0 Å². The van der Waals surface area contributed by atoms with E-state index in [0.29, 0.717) is 0 Å². The van der Waals surface area contributed by atoms with Crippen molar-refractivity contribution in [3.8, 4) is 0 Å². The number of nitrogens with one attached hydrogen (secondary N) is 2. The van der Waals surface area contributed by atoms with Crippen molar-refractivity contribution in [1.29, 1.82) is 0 Å². The summed E-state index contributed by atoms with van der Waals surface area (Å²) in [5, 5.41) is 7.78. The van der Waals surface area contributed by atoms with E-state index in [1.807, 2.05) is 18.2 Å². The zero-order valence-electron chi connectivity index (χ0n) is 9.66. The van der Waals surface area contributed by atoms with Gasteiger partial charge in [0.2, 0.25) is 0 Å². The van der Waals surface area contributed by atoms with Gasteiger partial charge in [0.25, 0.3) is 0 Å². The Kier molecular flexibility index (Phi) is 4.31. The summed E-state index contributed by atoms with van der Waals surface area (Å²) in [7, 11) is 0. The number of halogens is 2. The molecule has 2 fully saturated rings. The number of piperidine rings is 1. The second-order valence-corrected chi connectivity index (χ2v) is 5.35. The van der Waals surface area contributed by atoms with Crippen molar-refractivity contribution in [3.63, 3.8) is 0 Å². The fourth-order valence-corrected chi connectivity index (χ4v) is 3.09. The molecule has 2 nitrogen and oxygen atoms in total. The van der Waals surface area contributed by atoms with Crippen LogP contribution >= 0.6 is 24.0 Å². The highest BCUT2D eigenvalue weighted by atomic mass is 35.5. The van der Waals surface area contributed by atoms with Crippen molar-refractivity contribution in [3.05, 3.63) is 34.9 Å². The van der Waals surface area contributed by atoms with Crippen LogP contribution in [0.4, 0.5) is 0 Å². The first-order valence-corrected chi connectivity index (χ1v) is 6.38. The lowest BCUT2D eigenvalue weighted by Gasteiger charge is -2.07. The molecule has 2 unspecified atom stereocenters. The van der Waals surface area contributed by atoms with Crippen molar-refractivity contribution in [2.45, 2.75) is 6.54 Å². The van der Waals surface area contributed by atoms with Crippen LogP contribution in [0.25, 0.3) is 0 Å². The highest BCUT2D eigenvalue weighted by Crippen LogP contribution is 2.47. The van der Waals surface area contributed by atoms with Crippen LogP contribution < -0.4 is 10.6 Å². The topological polar surface area (TPSA) is 24.1 Å². The smallest absolute Gasteiger partial charge is 0.0409 e. The highest BCUT2D eigenvalue weighted by molar-refractivity contribution is 6.30. The predicted octanol–water partition coefficient (Wildman–Crippen LogP) is 2.32. The summed E-state index contributed by atoms with van der Waals surface area (Å²) < 4.78 is 0. The van der Waals surface area contributed by atoms with Crippen molar-refractivity contribution in [1.82, 2.24) is 10.6 Å². The van der Waals surface area contributed by atoms with Crippen LogP contribution in [-0.4, -0.2) is 19.6 Å². The quantitative estimate of drug-likeness (QED) is 0.879. The summed E-state index contributed by atoms with van der Waals surface area (Å²) in [5.74, 6) is 2.82. The van der Waals surface area contributed by atoms with E-state index in [0.717, 1.165) is 35.9 Å². The van der Waals surface area contributed by atoms with Crippen molar-refractivity contribution in [2.24, 2.45) is 17.8 Å². The van der Waals surface area contributed by atoms with E-state index in [1.165, 1.54) is 18.7 Å². The number of fused-ring (bicyclic) bond motifs is 1. The maximum Gasteiger partial charge on any atom is 0.0409 e. The minimum absolute atomic E-state index is 0. The average Bonchev–Trinajstić information content (AvgIpc) is 2.73. The lowest BCUT2D eigenvalue weighted by atomic mass is 10.2. The van der Waals surface area contributed by atoms with Crippen LogP contribution in [0, 0.1) is 17.8 Å². The van der Waals surface area contributed by atoms with Gasteiger partial charge in [0.05, 0.1) is 0 Å². The van der Waals surface area contributed by atoms with Crippen molar-refractivity contribution in [2.75, 3.05) is 19.6 Å². The number of hydrogen-bond donors (Lipinski definition) is 2. The summed E-state index contributed by atoms with van der Waals surface area (Å²) in [6, 6.07) is 8.08. The number of hydrogen-bond acceptors (Lipinski definition) is 2. The molecule has 1 saturated carbocycles. The van der Waals surface area contributed by atoms with Crippen LogP contribution in [-0.2, 0) is 6.54 Å². The van der Waals surface area contributed by atoms with E-state index in [4.69, 9.17) is 11.6 Å². The van der Waals surface area contributed by atoms with E-state index in [1.54, 1.807) is 0 Å². The maximum atomic E-state index is 5.94. The second-order valence-electron chi connectivity index (χ2n) is 4.91. The fourth-order valence-electron chi connectivity index (χ4n) is 2.88. The van der Waals surface area contributed by atoms with Gasteiger partial charge in [0.15, 0.2) is 0 Å². The first-order chi connectivity index (χ1) is 7.84. The zero-order valence-corrected chi connectivity index (χ0v) is 11.2. The molecule has 1 aromatic carbocycles. The largest absolute Gasteiger partial charge is 0.316 e. The van der Waals surface area contributed by atoms with Gasteiger partial charge in [-0.1, -0.05) is 23.7 Å². The van der Waals surface area contributed by atoms with E-state index in [2.05, 4.69) is 16.7 Å². The van der Waals surface area contributed by atoms with Gasteiger partial charge >= 0.3 is 0 Å². The van der Waals surface area contributed by atoms with E-state index < -0.39 is 0 Å². The van der Waals surface area contributed by atoms with Crippen molar-refractivity contribution < 1.29 is 0 Å². The maximum absolute atomic E-state index is 5.94. The average molecular weight is 273 g/mol. The van der Waals surface area contributed by atoms with Gasteiger partial charge in [-0.05, 0) is 55.1 Å². The van der Waals surface area contributed by atoms with Gasteiger partial charge in [-0.2, -0.15) is 0 Å². The van der Waals surface area contributed by atoms with Crippen LogP contribution in [0.1, 0.15) is 5.56 Å². The number of rotatable bonds is 4. The molecule has 1 aliphatic carbocycles. The van der Waals surface area contributed by atoms with Crippen molar-refractivity contribution >= 4 is 24.0 Å². The van der Waals surface area contributed by atoms with Gasteiger partial charge in [-0.15, -0.1) is 12.4 Å². The predicted molar refractivity (Wildman–Crippen MR) is 73.7 cm³/mol. The molecule has 0 spiro atoms. The lowest BCUT2D eigenvalue weighted by molar-refractivity contribution is 0.539.